The summed E-state index contributed by atoms with van der Waals surface area (Å²) in [5.41, 5.74) is 5.42. The number of unbranched alkanes of at least 4 members (excludes halogenated alkanes) is 2. The van der Waals surface area contributed by atoms with Gasteiger partial charge in [-0.15, -0.1) is 0 Å². The predicted octanol–water partition coefficient (Wildman–Crippen LogP) is 1.85. The standard InChI is InChI=1S/C10H24N2/c1-3-9-12(4-2)10-7-5-6-8-11/h3-11H2,1-2H3. The number of nitrogens with zero attached hydrogens (tertiary/aromatic N) is 1. The Labute approximate surface area is 77.1 Å². The van der Waals surface area contributed by atoms with E-state index >= 15 is 0 Å². The van der Waals surface area contributed by atoms with Crippen molar-refractivity contribution in [1.82, 2.24) is 4.90 Å². The lowest BCUT2D eigenvalue weighted by Gasteiger charge is -2.18. The molecule has 0 atom stereocenters. The van der Waals surface area contributed by atoms with Crippen molar-refractivity contribution >= 4 is 0 Å². The lowest BCUT2D eigenvalue weighted by molar-refractivity contribution is 0.282. The summed E-state index contributed by atoms with van der Waals surface area (Å²) in [6, 6.07) is 0. The maximum absolute atomic E-state index is 5.42. The minimum Gasteiger partial charge on any atom is -0.330 e. The van der Waals surface area contributed by atoms with Gasteiger partial charge in [-0.1, -0.05) is 20.3 Å². The second kappa shape index (κ2) is 9.01. The van der Waals surface area contributed by atoms with Crippen LogP contribution >= 0.6 is 0 Å². The molecule has 0 saturated carbocycles. The fourth-order valence-corrected chi connectivity index (χ4v) is 1.40. The van der Waals surface area contributed by atoms with Crippen molar-refractivity contribution in [2.45, 2.75) is 39.5 Å². The molecule has 0 unspecified atom stereocenters. The van der Waals surface area contributed by atoms with Crippen LogP contribution in [0.2, 0.25) is 0 Å². The van der Waals surface area contributed by atoms with Crippen LogP contribution in [-0.4, -0.2) is 31.1 Å². The Morgan fingerprint density at radius 1 is 1.00 bits per heavy atom. The molecule has 0 aromatic heterocycles. The van der Waals surface area contributed by atoms with E-state index in [0.717, 1.165) is 6.54 Å². The maximum atomic E-state index is 5.42. The van der Waals surface area contributed by atoms with Crippen LogP contribution in [0.25, 0.3) is 0 Å². The Morgan fingerprint density at radius 3 is 2.25 bits per heavy atom. The van der Waals surface area contributed by atoms with Crippen LogP contribution in [0.15, 0.2) is 0 Å². The monoisotopic (exact) mass is 172 g/mol. The van der Waals surface area contributed by atoms with Gasteiger partial charge in [0.15, 0.2) is 0 Å². The summed E-state index contributed by atoms with van der Waals surface area (Å²) in [7, 11) is 0. The highest BCUT2D eigenvalue weighted by Crippen LogP contribution is 1.98. The molecule has 12 heavy (non-hydrogen) atoms. The van der Waals surface area contributed by atoms with E-state index in [1.165, 1.54) is 45.3 Å². The van der Waals surface area contributed by atoms with Gasteiger partial charge in [-0.25, -0.2) is 0 Å². The topological polar surface area (TPSA) is 29.3 Å². The molecule has 2 heteroatoms. The van der Waals surface area contributed by atoms with E-state index in [0.29, 0.717) is 0 Å². The van der Waals surface area contributed by atoms with Gasteiger partial charge in [0.05, 0.1) is 0 Å². The summed E-state index contributed by atoms with van der Waals surface area (Å²) in [5.74, 6) is 0. The van der Waals surface area contributed by atoms with Gasteiger partial charge in [0.2, 0.25) is 0 Å². The lowest BCUT2D eigenvalue weighted by atomic mass is 10.2. The largest absolute Gasteiger partial charge is 0.330 e. The Bertz CT molecular complexity index is 83.9. The zero-order chi connectivity index (χ0) is 9.23. The van der Waals surface area contributed by atoms with Crippen molar-refractivity contribution < 1.29 is 0 Å². The van der Waals surface area contributed by atoms with Crippen LogP contribution in [0.3, 0.4) is 0 Å². The minimum absolute atomic E-state index is 0.847. The zero-order valence-corrected chi connectivity index (χ0v) is 8.68. The van der Waals surface area contributed by atoms with Crippen LogP contribution < -0.4 is 5.73 Å². The van der Waals surface area contributed by atoms with Crippen LogP contribution in [-0.2, 0) is 0 Å². The molecule has 0 radical (unpaired) electrons. The van der Waals surface area contributed by atoms with E-state index in [2.05, 4.69) is 18.7 Å². The molecular weight excluding hydrogens is 148 g/mol. The van der Waals surface area contributed by atoms with Gasteiger partial charge in [0, 0.05) is 0 Å². The summed E-state index contributed by atoms with van der Waals surface area (Å²) < 4.78 is 0. The normalized spacial score (nSPS) is 11.0. The molecule has 2 N–H and O–H groups in total. The Hall–Kier alpha value is -0.0800. The third kappa shape index (κ3) is 6.62. The molecule has 0 aliphatic carbocycles. The van der Waals surface area contributed by atoms with Crippen molar-refractivity contribution in [1.29, 1.82) is 0 Å². The summed E-state index contributed by atoms with van der Waals surface area (Å²) in [5, 5.41) is 0. The number of hydrogen-bond acceptors (Lipinski definition) is 2. The van der Waals surface area contributed by atoms with Crippen molar-refractivity contribution in [3.05, 3.63) is 0 Å². The molecule has 0 fully saturated rings. The third-order valence-electron chi connectivity index (χ3n) is 2.17. The molecule has 0 aromatic carbocycles. The summed E-state index contributed by atoms with van der Waals surface area (Å²) in [6.45, 7) is 9.01. The van der Waals surface area contributed by atoms with Crippen molar-refractivity contribution in [3.63, 3.8) is 0 Å². The first-order valence-electron chi connectivity index (χ1n) is 5.27. The van der Waals surface area contributed by atoms with Gasteiger partial charge in [0.1, 0.15) is 0 Å². The summed E-state index contributed by atoms with van der Waals surface area (Å²) >= 11 is 0. The van der Waals surface area contributed by atoms with Crippen molar-refractivity contribution in [3.8, 4) is 0 Å². The Kier molecular flexibility index (Phi) is 8.95. The molecule has 0 heterocycles. The third-order valence-corrected chi connectivity index (χ3v) is 2.17. The highest BCUT2D eigenvalue weighted by atomic mass is 15.1. The molecule has 0 aliphatic heterocycles. The van der Waals surface area contributed by atoms with Crippen molar-refractivity contribution in [2.24, 2.45) is 5.73 Å². The van der Waals surface area contributed by atoms with E-state index in [4.69, 9.17) is 5.73 Å². The van der Waals surface area contributed by atoms with Gasteiger partial charge >= 0.3 is 0 Å². The fourth-order valence-electron chi connectivity index (χ4n) is 1.40. The first-order valence-corrected chi connectivity index (χ1v) is 5.27. The van der Waals surface area contributed by atoms with Crippen molar-refractivity contribution in [2.75, 3.05) is 26.2 Å². The fraction of sp³-hybridized carbons (Fsp3) is 1.00. The van der Waals surface area contributed by atoms with Gasteiger partial charge < -0.3 is 10.6 Å². The quantitative estimate of drug-likeness (QED) is 0.566. The molecule has 0 aliphatic rings. The smallest absolute Gasteiger partial charge is 0.00188 e. The molecule has 2 nitrogen and oxygen atoms in total. The van der Waals surface area contributed by atoms with Gasteiger partial charge in [-0.2, -0.15) is 0 Å². The van der Waals surface area contributed by atoms with E-state index < -0.39 is 0 Å². The summed E-state index contributed by atoms with van der Waals surface area (Å²) in [6.07, 6.45) is 5.05. The second-order valence-electron chi connectivity index (χ2n) is 3.28. The first-order chi connectivity index (χ1) is 5.85. The Balaban J connectivity index is 3.19. The number of nitrogens with two attached hydrogens (primary N) is 1. The molecule has 0 amide bonds. The number of hydrogen-bond donors (Lipinski definition) is 1. The highest BCUT2D eigenvalue weighted by molar-refractivity contribution is 4.54. The minimum atomic E-state index is 0.847. The SMILES string of the molecule is CCCN(CC)CCCCCN. The van der Waals surface area contributed by atoms with E-state index in [9.17, 15) is 0 Å². The van der Waals surface area contributed by atoms with E-state index in [-0.39, 0.29) is 0 Å². The predicted molar refractivity (Wildman–Crippen MR) is 55.3 cm³/mol. The molecule has 0 aromatic rings. The van der Waals surface area contributed by atoms with Gasteiger partial charge in [-0.3, -0.25) is 0 Å². The molecule has 0 spiro atoms. The maximum Gasteiger partial charge on any atom is -0.00188 e. The molecule has 0 bridgehead atoms. The lowest BCUT2D eigenvalue weighted by Crippen LogP contribution is -2.25. The highest BCUT2D eigenvalue weighted by Gasteiger charge is 1.98. The molecule has 74 valence electrons. The summed E-state index contributed by atoms with van der Waals surface area (Å²) in [4.78, 5) is 2.51. The first kappa shape index (κ1) is 11.9. The van der Waals surface area contributed by atoms with Crippen LogP contribution in [0.4, 0.5) is 0 Å². The van der Waals surface area contributed by atoms with Gasteiger partial charge in [0.25, 0.3) is 0 Å². The molecular formula is C10H24N2. The van der Waals surface area contributed by atoms with Gasteiger partial charge in [-0.05, 0) is 45.4 Å². The van der Waals surface area contributed by atoms with E-state index in [1.807, 2.05) is 0 Å². The number of rotatable bonds is 8. The molecule has 0 saturated heterocycles. The zero-order valence-electron chi connectivity index (χ0n) is 8.68. The molecule has 0 rings (SSSR count). The Morgan fingerprint density at radius 2 is 1.75 bits per heavy atom. The average molecular weight is 172 g/mol. The van der Waals surface area contributed by atoms with Crippen LogP contribution in [0.1, 0.15) is 39.5 Å². The van der Waals surface area contributed by atoms with Crippen LogP contribution in [0.5, 0.6) is 0 Å². The van der Waals surface area contributed by atoms with Crippen LogP contribution in [0, 0.1) is 0 Å². The average Bonchev–Trinajstić information content (AvgIpc) is 2.10. The second-order valence-corrected chi connectivity index (χ2v) is 3.28. The van der Waals surface area contributed by atoms with E-state index in [1.54, 1.807) is 0 Å².